The van der Waals surface area contributed by atoms with Crippen LogP contribution in [0.5, 0.6) is 0 Å². The summed E-state index contributed by atoms with van der Waals surface area (Å²) in [6.45, 7) is 0. The van der Waals surface area contributed by atoms with Gasteiger partial charge in [-0.2, -0.15) is 0 Å². The molecule has 9 rings (SSSR count). The van der Waals surface area contributed by atoms with Gasteiger partial charge in [-0.1, -0.05) is 152 Å². The molecule has 252 valence electrons. The van der Waals surface area contributed by atoms with Gasteiger partial charge in [0.05, 0.1) is 0 Å². The van der Waals surface area contributed by atoms with Gasteiger partial charge in [0.25, 0.3) is 0 Å². The van der Waals surface area contributed by atoms with Gasteiger partial charge < -0.3 is 9.80 Å². The highest BCUT2D eigenvalue weighted by Crippen LogP contribution is 2.40. The van der Waals surface area contributed by atoms with E-state index in [-0.39, 0.29) is 0 Å². The predicted octanol–water partition coefficient (Wildman–Crippen LogP) is 14.2. The summed E-state index contributed by atoms with van der Waals surface area (Å²) in [5, 5.41) is 5.10. The first-order chi connectivity index (χ1) is 26.2. The molecule has 0 spiro atoms. The van der Waals surface area contributed by atoms with Crippen LogP contribution in [-0.2, 0) is 0 Å². The van der Waals surface area contributed by atoms with Gasteiger partial charge in [-0.25, -0.2) is 0 Å². The Morgan fingerprint density at radius 3 is 1.40 bits per heavy atom. The molecule has 0 aliphatic rings. The molecule has 9 aromatic carbocycles. The Morgan fingerprint density at radius 2 is 0.736 bits per heavy atom. The van der Waals surface area contributed by atoms with Crippen molar-refractivity contribution in [2.75, 3.05) is 16.8 Å². The molecule has 2 nitrogen and oxygen atoms in total. The van der Waals surface area contributed by atoms with E-state index >= 15 is 0 Å². The molecule has 0 heterocycles. The van der Waals surface area contributed by atoms with Gasteiger partial charge in [-0.15, -0.1) is 0 Å². The molecule has 0 N–H and O–H groups in total. The summed E-state index contributed by atoms with van der Waals surface area (Å²) < 4.78 is 0. The molecule has 0 fully saturated rings. The molecule has 0 aliphatic heterocycles. The highest BCUT2D eigenvalue weighted by molar-refractivity contribution is 6.13. The Bertz CT molecular complexity index is 2650. The van der Waals surface area contributed by atoms with E-state index in [1.807, 2.05) is 0 Å². The minimum Gasteiger partial charge on any atom is -0.344 e. The molecule has 9 aromatic rings. The minimum atomic E-state index is 1.11. The summed E-state index contributed by atoms with van der Waals surface area (Å²) in [5.41, 5.74) is 12.9. The maximum atomic E-state index is 2.33. The van der Waals surface area contributed by atoms with Crippen molar-refractivity contribution >= 4 is 50.0 Å². The average molecular weight is 679 g/mol. The van der Waals surface area contributed by atoms with Crippen molar-refractivity contribution in [3.8, 4) is 33.4 Å². The monoisotopic (exact) mass is 678 g/mol. The van der Waals surface area contributed by atoms with Crippen LogP contribution in [0.1, 0.15) is 0 Å². The van der Waals surface area contributed by atoms with E-state index in [9.17, 15) is 0 Å². The van der Waals surface area contributed by atoms with Crippen LogP contribution in [0.4, 0.5) is 28.4 Å². The first-order valence-corrected chi connectivity index (χ1v) is 18.2. The number of fused-ring (bicyclic) bond motifs is 3. The number of nitrogens with zero attached hydrogens (tertiary/aromatic N) is 2. The molecular formula is C51H38N2. The predicted molar refractivity (Wildman–Crippen MR) is 227 cm³/mol. The van der Waals surface area contributed by atoms with E-state index in [4.69, 9.17) is 0 Å². The molecule has 0 radical (unpaired) electrons. The van der Waals surface area contributed by atoms with Crippen LogP contribution >= 0.6 is 0 Å². The standard InChI is InChI=1S/C51H38N2/c1-52(42-15-4-2-5-16-42)51-23-13-12-20-47(51)39-26-24-37(25-27-39)38-28-32-44(33-29-38)53(43-17-6-3-7-18-43)45-34-30-40(31-35-45)50-36-41-14-8-9-19-46(41)48-21-10-11-22-49(48)50/h2-36H,1H3. The molecule has 0 saturated carbocycles. The van der Waals surface area contributed by atoms with Crippen LogP contribution < -0.4 is 9.80 Å². The van der Waals surface area contributed by atoms with Crippen molar-refractivity contribution in [1.82, 2.24) is 0 Å². The smallest absolute Gasteiger partial charge is 0.0487 e. The quantitative estimate of drug-likeness (QED) is 0.148. The summed E-state index contributed by atoms with van der Waals surface area (Å²) in [6.07, 6.45) is 0. The third-order valence-corrected chi connectivity index (χ3v) is 10.3. The van der Waals surface area contributed by atoms with Gasteiger partial charge in [0.2, 0.25) is 0 Å². The lowest BCUT2D eigenvalue weighted by Crippen LogP contribution is -2.10. The second kappa shape index (κ2) is 14.0. The number of para-hydroxylation sites is 3. The van der Waals surface area contributed by atoms with Crippen LogP contribution in [-0.4, -0.2) is 7.05 Å². The molecule has 53 heavy (non-hydrogen) atoms. The lowest BCUT2D eigenvalue weighted by atomic mass is 9.93. The van der Waals surface area contributed by atoms with E-state index in [0.717, 1.165) is 22.7 Å². The minimum absolute atomic E-state index is 1.11. The zero-order valence-electron chi connectivity index (χ0n) is 29.6. The lowest BCUT2D eigenvalue weighted by Gasteiger charge is -2.26. The largest absolute Gasteiger partial charge is 0.344 e. The van der Waals surface area contributed by atoms with Crippen molar-refractivity contribution in [2.45, 2.75) is 0 Å². The van der Waals surface area contributed by atoms with Crippen LogP contribution in [0, 0.1) is 0 Å². The Kier molecular flexibility index (Phi) is 8.47. The number of benzene rings is 9. The SMILES string of the molecule is CN(c1ccccc1)c1ccccc1-c1ccc(-c2ccc(N(c3ccccc3)c3ccc(-c4cc5ccccc5c5ccccc45)cc3)cc2)cc1. The highest BCUT2D eigenvalue weighted by Gasteiger charge is 2.15. The summed E-state index contributed by atoms with van der Waals surface area (Å²) in [4.78, 5) is 4.58. The lowest BCUT2D eigenvalue weighted by molar-refractivity contribution is 1.21. The molecule has 0 unspecified atom stereocenters. The van der Waals surface area contributed by atoms with Gasteiger partial charge in [-0.3, -0.25) is 0 Å². The van der Waals surface area contributed by atoms with Crippen LogP contribution in [0.25, 0.3) is 54.9 Å². The van der Waals surface area contributed by atoms with E-state index < -0.39 is 0 Å². The molecule has 2 heteroatoms. The van der Waals surface area contributed by atoms with Gasteiger partial charge >= 0.3 is 0 Å². The maximum absolute atomic E-state index is 2.33. The van der Waals surface area contributed by atoms with Crippen molar-refractivity contribution in [3.63, 3.8) is 0 Å². The molecule has 0 aromatic heterocycles. The van der Waals surface area contributed by atoms with Gasteiger partial charge in [0.15, 0.2) is 0 Å². The maximum Gasteiger partial charge on any atom is 0.0487 e. The Hall–Kier alpha value is -6.90. The number of hydrogen-bond donors (Lipinski definition) is 0. The summed E-state index contributed by atoms with van der Waals surface area (Å²) in [7, 11) is 2.13. The van der Waals surface area contributed by atoms with E-state index in [1.165, 1.54) is 60.6 Å². The van der Waals surface area contributed by atoms with Gasteiger partial charge in [0.1, 0.15) is 0 Å². The normalized spacial score (nSPS) is 11.1. The highest BCUT2D eigenvalue weighted by atomic mass is 15.1. The third-order valence-electron chi connectivity index (χ3n) is 10.3. The Labute approximate surface area is 311 Å². The fourth-order valence-corrected chi connectivity index (χ4v) is 7.55. The third kappa shape index (κ3) is 6.22. The van der Waals surface area contributed by atoms with E-state index in [0.29, 0.717) is 0 Å². The summed E-state index contributed by atoms with van der Waals surface area (Å²) >= 11 is 0. The first-order valence-electron chi connectivity index (χ1n) is 18.2. The molecule has 0 atom stereocenters. The zero-order valence-corrected chi connectivity index (χ0v) is 29.6. The molecular weight excluding hydrogens is 641 g/mol. The van der Waals surface area contributed by atoms with Crippen molar-refractivity contribution in [1.29, 1.82) is 0 Å². The van der Waals surface area contributed by atoms with Crippen molar-refractivity contribution < 1.29 is 0 Å². The van der Waals surface area contributed by atoms with Crippen molar-refractivity contribution in [2.24, 2.45) is 0 Å². The average Bonchev–Trinajstić information content (AvgIpc) is 3.24. The topological polar surface area (TPSA) is 6.48 Å². The molecule has 0 amide bonds. The molecule has 0 saturated heterocycles. The Morgan fingerprint density at radius 1 is 0.302 bits per heavy atom. The summed E-state index contributed by atoms with van der Waals surface area (Å²) in [6, 6.07) is 76.3. The fraction of sp³-hybridized carbons (Fsp3) is 0.0196. The van der Waals surface area contributed by atoms with Crippen LogP contribution in [0.15, 0.2) is 212 Å². The molecule has 0 bridgehead atoms. The van der Waals surface area contributed by atoms with Crippen LogP contribution in [0.2, 0.25) is 0 Å². The summed E-state index contributed by atoms with van der Waals surface area (Å²) in [5.74, 6) is 0. The zero-order chi connectivity index (χ0) is 35.6. The first kappa shape index (κ1) is 32.0. The van der Waals surface area contributed by atoms with E-state index in [2.05, 4.69) is 229 Å². The van der Waals surface area contributed by atoms with E-state index in [1.54, 1.807) is 0 Å². The Balaban J connectivity index is 1.02. The molecule has 0 aliphatic carbocycles. The number of hydrogen-bond acceptors (Lipinski definition) is 2. The number of rotatable bonds is 8. The fourth-order valence-electron chi connectivity index (χ4n) is 7.55. The van der Waals surface area contributed by atoms with Gasteiger partial charge in [0, 0.05) is 41.0 Å². The van der Waals surface area contributed by atoms with Gasteiger partial charge in [-0.05, 0) is 110 Å². The second-order valence-electron chi connectivity index (χ2n) is 13.4. The van der Waals surface area contributed by atoms with Crippen molar-refractivity contribution in [3.05, 3.63) is 212 Å². The number of anilines is 5. The second-order valence-corrected chi connectivity index (χ2v) is 13.4. The van der Waals surface area contributed by atoms with Crippen LogP contribution in [0.3, 0.4) is 0 Å².